The van der Waals surface area contributed by atoms with E-state index in [1.807, 2.05) is 0 Å². The van der Waals surface area contributed by atoms with E-state index in [9.17, 15) is 4.79 Å². The van der Waals surface area contributed by atoms with Crippen molar-refractivity contribution in [1.29, 1.82) is 0 Å². The van der Waals surface area contributed by atoms with Crippen molar-refractivity contribution in [3.8, 4) is 0 Å². The van der Waals surface area contributed by atoms with Gasteiger partial charge in [-0.05, 0) is 12.8 Å². The van der Waals surface area contributed by atoms with Gasteiger partial charge in [-0.1, -0.05) is 0 Å². The topological polar surface area (TPSA) is 52.6 Å². The zero-order valence-electron chi connectivity index (χ0n) is 5.71. The van der Waals surface area contributed by atoms with Gasteiger partial charge in [0.2, 0.25) is 0 Å². The van der Waals surface area contributed by atoms with E-state index in [2.05, 4.69) is 5.43 Å². The van der Waals surface area contributed by atoms with Crippen molar-refractivity contribution in [3.05, 3.63) is 0 Å². The molecule has 1 aliphatic heterocycles. The predicted octanol–water partition coefficient (Wildman–Crippen LogP) is -0.985. The van der Waals surface area contributed by atoms with Gasteiger partial charge in [0.1, 0.15) is 0 Å². The molecule has 0 unspecified atom stereocenters. The van der Waals surface area contributed by atoms with Gasteiger partial charge in [-0.2, -0.15) is 0 Å². The fourth-order valence-electron chi connectivity index (χ4n) is 1.04. The molecule has 1 heterocycles. The number of nitrogens with zero attached hydrogens (tertiary/aromatic N) is 1. The molecule has 1 aliphatic rings. The summed E-state index contributed by atoms with van der Waals surface area (Å²) in [6, 6.07) is 0. The molecule has 0 atom stereocenters. The van der Waals surface area contributed by atoms with E-state index in [1.165, 1.54) is 0 Å². The molecule has 1 radical (unpaired) electrons. The summed E-state index contributed by atoms with van der Waals surface area (Å²) < 4.78 is 0. The SMILES string of the molecule is O=[C]NN1CCC(O)CC1. The minimum absolute atomic E-state index is 0.190. The molecule has 1 saturated heterocycles. The number of hydrogen-bond donors (Lipinski definition) is 2. The normalized spacial score (nSPS) is 22.5. The van der Waals surface area contributed by atoms with Gasteiger partial charge in [0.15, 0.2) is 0 Å². The Morgan fingerprint density at radius 1 is 1.50 bits per heavy atom. The maximum absolute atomic E-state index is 9.81. The molecule has 0 aromatic rings. The lowest BCUT2D eigenvalue weighted by molar-refractivity contribution is 0.0695. The molecule has 0 bridgehead atoms. The molecule has 2 N–H and O–H groups in total. The van der Waals surface area contributed by atoms with Crippen LogP contribution in [-0.2, 0) is 4.79 Å². The van der Waals surface area contributed by atoms with Crippen molar-refractivity contribution in [3.63, 3.8) is 0 Å². The van der Waals surface area contributed by atoms with Gasteiger partial charge in [-0.25, -0.2) is 5.01 Å². The summed E-state index contributed by atoms with van der Waals surface area (Å²) in [6.07, 6.45) is 2.87. The Morgan fingerprint density at radius 3 is 2.60 bits per heavy atom. The summed E-state index contributed by atoms with van der Waals surface area (Å²) in [6.45, 7) is 1.44. The second kappa shape index (κ2) is 3.53. The molecule has 10 heavy (non-hydrogen) atoms. The van der Waals surface area contributed by atoms with Crippen LogP contribution in [0.5, 0.6) is 0 Å². The third-order valence-electron chi connectivity index (χ3n) is 1.67. The minimum atomic E-state index is -0.190. The Labute approximate surface area is 59.8 Å². The van der Waals surface area contributed by atoms with Crippen molar-refractivity contribution < 1.29 is 9.90 Å². The molecule has 0 saturated carbocycles. The van der Waals surface area contributed by atoms with E-state index < -0.39 is 0 Å². The van der Waals surface area contributed by atoms with Crippen molar-refractivity contribution in [2.24, 2.45) is 0 Å². The number of aliphatic hydroxyl groups excluding tert-OH is 1. The van der Waals surface area contributed by atoms with Crippen LogP contribution in [0.1, 0.15) is 12.8 Å². The van der Waals surface area contributed by atoms with E-state index in [1.54, 1.807) is 11.4 Å². The Balaban J connectivity index is 2.19. The standard InChI is InChI=1S/C6H11N2O2/c9-5-7-8-3-1-6(10)2-4-8/h6,10H,1-4H2,(H,7,9). The molecular formula is C6H11N2O2. The molecule has 1 fully saturated rings. The van der Waals surface area contributed by atoms with Gasteiger partial charge < -0.3 is 5.11 Å². The van der Waals surface area contributed by atoms with Crippen molar-refractivity contribution in [2.75, 3.05) is 13.1 Å². The second-order valence-corrected chi connectivity index (χ2v) is 2.43. The van der Waals surface area contributed by atoms with Gasteiger partial charge >= 0.3 is 6.41 Å². The number of hydrogen-bond acceptors (Lipinski definition) is 3. The van der Waals surface area contributed by atoms with Crippen molar-refractivity contribution in [1.82, 2.24) is 10.4 Å². The van der Waals surface area contributed by atoms with Crippen LogP contribution in [0.25, 0.3) is 0 Å². The van der Waals surface area contributed by atoms with E-state index in [0.717, 1.165) is 25.9 Å². The van der Waals surface area contributed by atoms with Gasteiger partial charge in [0.05, 0.1) is 6.10 Å². The average Bonchev–Trinajstić information content (AvgIpc) is 1.95. The highest BCUT2D eigenvalue weighted by atomic mass is 16.3. The largest absolute Gasteiger partial charge is 0.393 e. The molecule has 0 aromatic carbocycles. The van der Waals surface area contributed by atoms with Crippen LogP contribution in [0.2, 0.25) is 0 Å². The number of rotatable bonds is 2. The molecule has 0 spiro atoms. The lowest BCUT2D eigenvalue weighted by Crippen LogP contribution is -2.44. The van der Waals surface area contributed by atoms with Crippen molar-refractivity contribution >= 4 is 6.41 Å². The van der Waals surface area contributed by atoms with Gasteiger partial charge in [-0.3, -0.25) is 10.2 Å². The quantitative estimate of drug-likeness (QED) is 0.488. The monoisotopic (exact) mass is 143 g/mol. The zero-order chi connectivity index (χ0) is 7.40. The number of carbonyl (C=O) groups excluding carboxylic acids is 1. The van der Waals surface area contributed by atoms with Crippen molar-refractivity contribution in [2.45, 2.75) is 18.9 Å². The maximum Gasteiger partial charge on any atom is 0.324 e. The van der Waals surface area contributed by atoms with Gasteiger partial charge in [0.25, 0.3) is 0 Å². The number of hydrazine groups is 1. The molecular weight excluding hydrogens is 132 g/mol. The minimum Gasteiger partial charge on any atom is -0.393 e. The highest BCUT2D eigenvalue weighted by molar-refractivity contribution is 5.46. The lowest BCUT2D eigenvalue weighted by Gasteiger charge is -2.27. The summed E-state index contributed by atoms with van der Waals surface area (Å²) in [5, 5.41) is 10.8. The van der Waals surface area contributed by atoms with Crippen LogP contribution < -0.4 is 5.43 Å². The Hall–Kier alpha value is -0.610. The molecule has 1 rings (SSSR count). The number of nitrogens with one attached hydrogen (secondary N) is 1. The first kappa shape index (κ1) is 7.50. The highest BCUT2D eigenvalue weighted by Gasteiger charge is 2.15. The number of aliphatic hydroxyl groups is 1. The van der Waals surface area contributed by atoms with Gasteiger partial charge in [-0.15, -0.1) is 0 Å². The molecule has 57 valence electrons. The molecule has 0 aliphatic carbocycles. The summed E-state index contributed by atoms with van der Waals surface area (Å²) >= 11 is 0. The Morgan fingerprint density at radius 2 is 2.10 bits per heavy atom. The van der Waals surface area contributed by atoms with Crippen LogP contribution in [0.4, 0.5) is 0 Å². The average molecular weight is 143 g/mol. The zero-order valence-corrected chi connectivity index (χ0v) is 5.71. The second-order valence-electron chi connectivity index (χ2n) is 2.43. The molecule has 4 nitrogen and oxygen atoms in total. The third-order valence-corrected chi connectivity index (χ3v) is 1.67. The lowest BCUT2D eigenvalue weighted by atomic mass is 10.1. The number of amides is 1. The Bertz CT molecular complexity index is 110. The number of piperidine rings is 1. The smallest absolute Gasteiger partial charge is 0.324 e. The fraction of sp³-hybridized carbons (Fsp3) is 0.833. The summed E-state index contributed by atoms with van der Waals surface area (Å²) in [5.74, 6) is 0. The first-order valence-corrected chi connectivity index (χ1v) is 3.38. The van der Waals surface area contributed by atoms with E-state index >= 15 is 0 Å². The van der Waals surface area contributed by atoms with Crippen LogP contribution in [0.15, 0.2) is 0 Å². The first-order valence-electron chi connectivity index (χ1n) is 3.38. The molecule has 1 amide bonds. The van der Waals surface area contributed by atoms with E-state index in [0.29, 0.717) is 0 Å². The summed E-state index contributed by atoms with van der Waals surface area (Å²) in [5.41, 5.74) is 2.42. The first-order chi connectivity index (χ1) is 4.83. The maximum atomic E-state index is 9.81. The third kappa shape index (κ3) is 1.97. The van der Waals surface area contributed by atoms with Crippen LogP contribution in [0.3, 0.4) is 0 Å². The molecule has 0 aromatic heterocycles. The van der Waals surface area contributed by atoms with E-state index in [-0.39, 0.29) is 6.10 Å². The summed E-state index contributed by atoms with van der Waals surface area (Å²) in [7, 11) is 0. The summed E-state index contributed by atoms with van der Waals surface area (Å²) in [4.78, 5) is 9.81. The fourth-order valence-corrected chi connectivity index (χ4v) is 1.04. The van der Waals surface area contributed by atoms with Crippen LogP contribution in [-0.4, -0.2) is 35.7 Å². The highest BCUT2D eigenvalue weighted by Crippen LogP contribution is 2.06. The predicted molar refractivity (Wildman–Crippen MR) is 35.6 cm³/mol. The Kier molecular flexibility index (Phi) is 2.65. The van der Waals surface area contributed by atoms with Crippen LogP contribution in [0, 0.1) is 0 Å². The van der Waals surface area contributed by atoms with Gasteiger partial charge in [0, 0.05) is 13.1 Å². The van der Waals surface area contributed by atoms with E-state index in [4.69, 9.17) is 5.11 Å². The van der Waals surface area contributed by atoms with Crippen LogP contribution >= 0.6 is 0 Å². The molecule has 4 heteroatoms.